The van der Waals surface area contributed by atoms with Gasteiger partial charge in [0.05, 0.1) is 11.0 Å². The minimum absolute atomic E-state index is 0.00744. The molecule has 1 aliphatic rings. The SMILES string of the molecule is CN(C)C(CNC(=O)c1ccc(N2CCCC2)c([N+](=O)[O-])c1)c1cccs1. The van der Waals surface area contributed by atoms with Crippen molar-refractivity contribution in [2.24, 2.45) is 0 Å². The zero-order chi connectivity index (χ0) is 19.4. The number of carbonyl (C=O) groups is 1. The molecule has 1 fully saturated rings. The van der Waals surface area contributed by atoms with E-state index in [-0.39, 0.29) is 17.6 Å². The van der Waals surface area contributed by atoms with Crippen molar-refractivity contribution >= 4 is 28.6 Å². The van der Waals surface area contributed by atoms with Crippen molar-refractivity contribution in [2.45, 2.75) is 18.9 Å². The lowest BCUT2D eigenvalue weighted by Crippen LogP contribution is -2.34. The zero-order valence-electron chi connectivity index (χ0n) is 15.6. The smallest absolute Gasteiger partial charge is 0.293 e. The van der Waals surface area contributed by atoms with Crippen LogP contribution in [0.3, 0.4) is 0 Å². The van der Waals surface area contributed by atoms with Gasteiger partial charge in [0.25, 0.3) is 11.6 Å². The van der Waals surface area contributed by atoms with Crippen molar-refractivity contribution in [1.29, 1.82) is 0 Å². The summed E-state index contributed by atoms with van der Waals surface area (Å²) in [7, 11) is 3.93. The predicted octanol–water partition coefficient (Wildman–Crippen LogP) is 3.29. The van der Waals surface area contributed by atoms with E-state index in [4.69, 9.17) is 0 Å². The Kier molecular flexibility index (Phi) is 6.08. The van der Waals surface area contributed by atoms with Gasteiger partial charge < -0.3 is 15.1 Å². The Balaban J connectivity index is 1.74. The summed E-state index contributed by atoms with van der Waals surface area (Å²) in [5.74, 6) is -0.297. The number of anilines is 1. The fourth-order valence-corrected chi connectivity index (χ4v) is 4.27. The largest absolute Gasteiger partial charge is 0.366 e. The van der Waals surface area contributed by atoms with Gasteiger partial charge in [-0.2, -0.15) is 0 Å². The van der Waals surface area contributed by atoms with Crippen LogP contribution in [0.15, 0.2) is 35.7 Å². The van der Waals surface area contributed by atoms with Crippen molar-refractivity contribution < 1.29 is 9.72 Å². The van der Waals surface area contributed by atoms with Crippen LogP contribution in [0, 0.1) is 10.1 Å². The number of benzene rings is 1. The second-order valence-corrected chi connectivity index (χ2v) is 7.84. The number of rotatable bonds is 7. The summed E-state index contributed by atoms with van der Waals surface area (Å²) in [5, 5.41) is 16.4. The van der Waals surface area contributed by atoms with Crippen molar-refractivity contribution in [3.8, 4) is 0 Å². The van der Waals surface area contributed by atoms with E-state index in [9.17, 15) is 14.9 Å². The average molecular weight is 388 g/mol. The van der Waals surface area contributed by atoms with Crippen molar-refractivity contribution in [3.05, 3.63) is 56.3 Å². The topological polar surface area (TPSA) is 78.7 Å². The Hall–Kier alpha value is -2.45. The first-order valence-electron chi connectivity index (χ1n) is 8.99. The maximum Gasteiger partial charge on any atom is 0.293 e. The highest BCUT2D eigenvalue weighted by atomic mass is 32.1. The van der Waals surface area contributed by atoms with Gasteiger partial charge in [0.1, 0.15) is 5.69 Å². The molecule has 144 valence electrons. The highest BCUT2D eigenvalue weighted by Gasteiger charge is 2.24. The third-order valence-corrected chi connectivity index (χ3v) is 5.81. The predicted molar refractivity (Wildman–Crippen MR) is 108 cm³/mol. The fraction of sp³-hybridized carbons (Fsp3) is 0.421. The molecule has 27 heavy (non-hydrogen) atoms. The molecule has 1 aromatic carbocycles. The van der Waals surface area contributed by atoms with Crippen molar-refractivity contribution in [2.75, 3.05) is 38.6 Å². The Morgan fingerprint density at radius 2 is 2.07 bits per heavy atom. The van der Waals surface area contributed by atoms with E-state index in [0.29, 0.717) is 17.8 Å². The first kappa shape index (κ1) is 19.3. The lowest BCUT2D eigenvalue weighted by atomic mass is 10.1. The lowest BCUT2D eigenvalue weighted by molar-refractivity contribution is -0.384. The molecule has 0 saturated carbocycles. The average Bonchev–Trinajstić information content (AvgIpc) is 3.35. The van der Waals surface area contributed by atoms with Crippen LogP contribution in [0.25, 0.3) is 0 Å². The van der Waals surface area contributed by atoms with Crippen LogP contribution in [-0.4, -0.2) is 49.5 Å². The lowest BCUT2D eigenvalue weighted by Gasteiger charge is -2.23. The molecule has 1 N–H and O–H groups in total. The number of hydrogen-bond acceptors (Lipinski definition) is 6. The molecule has 7 nitrogen and oxygen atoms in total. The van der Waals surface area contributed by atoms with Gasteiger partial charge in [-0.05, 0) is 50.5 Å². The van der Waals surface area contributed by atoms with E-state index in [1.807, 2.05) is 41.4 Å². The minimum atomic E-state index is -0.404. The van der Waals surface area contributed by atoms with Crippen LogP contribution in [-0.2, 0) is 0 Å². The van der Waals surface area contributed by atoms with E-state index in [0.717, 1.165) is 30.8 Å². The zero-order valence-corrected chi connectivity index (χ0v) is 16.4. The van der Waals surface area contributed by atoms with Crippen molar-refractivity contribution in [3.63, 3.8) is 0 Å². The van der Waals surface area contributed by atoms with Crippen LogP contribution in [0.4, 0.5) is 11.4 Å². The summed E-state index contributed by atoms with van der Waals surface area (Å²) in [4.78, 5) is 28.9. The highest BCUT2D eigenvalue weighted by Crippen LogP contribution is 2.31. The number of hydrogen-bond donors (Lipinski definition) is 1. The molecule has 0 radical (unpaired) electrons. The second kappa shape index (κ2) is 8.49. The van der Waals surface area contributed by atoms with Gasteiger partial charge in [0.15, 0.2) is 0 Å². The fourth-order valence-electron chi connectivity index (χ4n) is 3.35. The third kappa shape index (κ3) is 4.45. The van der Waals surface area contributed by atoms with E-state index >= 15 is 0 Å². The molecule has 1 unspecified atom stereocenters. The molecule has 0 aliphatic carbocycles. The van der Waals surface area contributed by atoms with Gasteiger partial charge in [0, 0.05) is 36.1 Å². The van der Waals surface area contributed by atoms with Gasteiger partial charge in [-0.3, -0.25) is 14.9 Å². The van der Waals surface area contributed by atoms with E-state index in [1.165, 1.54) is 6.07 Å². The first-order chi connectivity index (χ1) is 13.0. The first-order valence-corrected chi connectivity index (χ1v) is 9.86. The molecule has 0 bridgehead atoms. The van der Waals surface area contributed by atoms with Crippen LogP contribution < -0.4 is 10.2 Å². The molecule has 2 aromatic rings. The molecule has 2 heterocycles. The number of amides is 1. The number of nitrogens with one attached hydrogen (secondary N) is 1. The van der Waals surface area contributed by atoms with Gasteiger partial charge in [-0.1, -0.05) is 6.07 Å². The number of likely N-dealkylation sites (N-methyl/N-ethyl adjacent to an activating group) is 1. The third-order valence-electron chi connectivity index (χ3n) is 4.83. The molecule has 8 heteroatoms. The number of carbonyl (C=O) groups excluding carboxylic acids is 1. The summed E-state index contributed by atoms with van der Waals surface area (Å²) < 4.78 is 0. The number of nitro groups is 1. The van der Waals surface area contributed by atoms with Crippen LogP contribution in [0.1, 0.15) is 34.1 Å². The van der Waals surface area contributed by atoms with E-state index in [1.54, 1.807) is 23.5 Å². The maximum absolute atomic E-state index is 12.6. The van der Waals surface area contributed by atoms with Crippen molar-refractivity contribution in [1.82, 2.24) is 10.2 Å². The van der Waals surface area contributed by atoms with Gasteiger partial charge >= 0.3 is 0 Å². The Morgan fingerprint density at radius 1 is 1.33 bits per heavy atom. The summed E-state index contributed by atoms with van der Waals surface area (Å²) in [6.45, 7) is 2.07. The molecule has 1 aromatic heterocycles. The van der Waals surface area contributed by atoms with Gasteiger partial charge in [-0.25, -0.2) is 0 Å². The monoisotopic (exact) mass is 388 g/mol. The standard InChI is InChI=1S/C19H24N4O3S/c1-21(2)17(18-6-5-11-27-18)13-20-19(24)14-7-8-15(16(12-14)23(25)26)22-9-3-4-10-22/h5-8,11-12,17H,3-4,9-10,13H2,1-2H3,(H,20,24). The number of nitrogens with zero attached hydrogens (tertiary/aromatic N) is 3. The maximum atomic E-state index is 12.6. The minimum Gasteiger partial charge on any atom is -0.366 e. The summed E-state index contributed by atoms with van der Waals surface area (Å²) >= 11 is 1.64. The Morgan fingerprint density at radius 3 is 2.67 bits per heavy atom. The van der Waals surface area contributed by atoms with Gasteiger partial charge in [-0.15, -0.1) is 11.3 Å². The summed E-state index contributed by atoms with van der Waals surface area (Å²) in [6.07, 6.45) is 2.07. The molecule has 1 aliphatic heterocycles. The molecule has 1 amide bonds. The van der Waals surface area contributed by atoms with Crippen LogP contribution in [0.5, 0.6) is 0 Å². The summed E-state index contributed by atoms with van der Waals surface area (Å²) in [5.41, 5.74) is 0.902. The van der Waals surface area contributed by atoms with Crippen LogP contribution in [0.2, 0.25) is 0 Å². The second-order valence-electron chi connectivity index (χ2n) is 6.86. The molecular weight excluding hydrogens is 364 g/mol. The molecule has 1 saturated heterocycles. The van der Waals surface area contributed by atoms with Crippen LogP contribution >= 0.6 is 11.3 Å². The highest BCUT2D eigenvalue weighted by molar-refractivity contribution is 7.10. The quantitative estimate of drug-likeness (QED) is 0.582. The molecular formula is C19H24N4O3S. The Labute approximate surface area is 162 Å². The number of nitro benzene ring substituents is 1. The van der Waals surface area contributed by atoms with E-state index < -0.39 is 4.92 Å². The molecule has 3 rings (SSSR count). The normalized spacial score (nSPS) is 15.1. The Bertz CT molecular complexity index is 801. The van der Waals surface area contributed by atoms with Gasteiger partial charge in [0.2, 0.25) is 0 Å². The summed E-state index contributed by atoms with van der Waals surface area (Å²) in [6, 6.07) is 8.84. The number of thiophene rings is 1. The molecule has 1 atom stereocenters. The molecule has 0 spiro atoms. The van der Waals surface area contributed by atoms with E-state index in [2.05, 4.69) is 5.32 Å².